The fraction of sp³-hybridized carbons (Fsp3) is 0.409. The largest absolute Gasteiger partial charge is 0.509 e. The average Bonchev–Trinajstić information content (AvgIpc) is 2.75. The van der Waals surface area contributed by atoms with E-state index < -0.39 is 36.2 Å². The van der Waals surface area contributed by atoms with Gasteiger partial charge in [-0.3, -0.25) is 4.79 Å². The van der Waals surface area contributed by atoms with E-state index in [2.05, 4.69) is 4.74 Å². The third-order valence-electron chi connectivity index (χ3n) is 4.29. The first-order valence-corrected chi connectivity index (χ1v) is 10.1. The Bertz CT molecular complexity index is 912. The van der Waals surface area contributed by atoms with Crippen molar-refractivity contribution in [1.29, 1.82) is 0 Å². The fourth-order valence-electron chi connectivity index (χ4n) is 2.64. The molecule has 168 valence electrons. The highest BCUT2D eigenvalue weighted by atomic mass is 35.5. The Labute approximate surface area is 185 Å². The number of halogens is 1. The number of ether oxygens (including phenoxy) is 5. The van der Waals surface area contributed by atoms with Crippen LogP contribution in [0, 0.1) is 0 Å². The Kier molecular flexibility index (Phi) is 9.40. The molecule has 2 unspecified atom stereocenters. The zero-order valence-corrected chi connectivity index (χ0v) is 18.3. The molecule has 0 amide bonds. The SMILES string of the molecule is COc1ccc2cc(C(C)C(=O)OCC(=O)OCCCOC(=O)OC(C)Cl)ccc2c1. The molecule has 0 aromatic heterocycles. The summed E-state index contributed by atoms with van der Waals surface area (Å²) in [5.41, 5.74) is -0.0214. The van der Waals surface area contributed by atoms with Gasteiger partial charge in [0.2, 0.25) is 0 Å². The predicted octanol–water partition coefficient (Wildman–Crippen LogP) is 4.17. The van der Waals surface area contributed by atoms with Crippen LogP contribution in [0.4, 0.5) is 4.79 Å². The Morgan fingerprint density at radius 3 is 2.32 bits per heavy atom. The second-order valence-corrected chi connectivity index (χ2v) is 7.25. The van der Waals surface area contributed by atoms with Crippen molar-refractivity contribution in [3.63, 3.8) is 0 Å². The smallest absolute Gasteiger partial charge is 0.497 e. The first-order valence-electron chi connectivity index (χ1n) is 9.67. The standard InChI is InChI=1S/C22H25ClO8/c1-14(16-5-6-18-12-19(27-3)8-7-17(18)11-16)21(25)30-13-20(24)28-9-4-10-29-22(26)31-15(2)23/h5-8,11-12,14-15H,4,9-10,13H2,1-3H3. The minimum absolute atomic E-state index is 0.000379. The molecular formula is C22H25ClO8. The molecule has 31 heavy (non-hydrogen) atoms. The van der Waals surface area contributed by atoms with Gasteiger partial charge in [0.05, 0.1) is 26.2 Å². The van der Waals surface area contributed by atoms with Gasteiger partial charge in [0.15, 0.2) is 12.2 Å². The number of alkyl halides is 1. The number of carbonyl (C=O) groups is 3. The molecule has 0 spiro atoms. The molecule has 0 bridgehead atoms. The Balaban J connectivity index is 1.73. The summed E-state index contributed by atoms with van der Waals surface area (Å²) in [6.07, 6.45) is -0.631. The Morgan fingerprint density at radius 2 is 1.61 bits per heavy atom. The Hall–Kier alpha value is -3.00. The molecule has 2 rings (SSSR count). The fourth-order valence-corrected chi connectivity index (χ4v) is 2.71. The molecule has 0 heterocycles. The quantitative estimate of drug-likeness (QED) is 0.229. The van der Waals surface area contributed by atoms with Crippen LogP contribution in [0.25, 0.3) is 10.8 Å². The average molecular weight is 453 g/mol. The lowest BCUT2D eigenvalue weighted by Gasteiger charge is -2.13. The highest BCUT2D eigenvalue weighted by Gasteiger charge is 2.19. The summed E-state index contributed by atoms with van der Waals surface area (Å²) in [6, 6.07) is 11.3. The van der Waals surface area contributed by atoms with Crippen molar-refractivity contribution >= 4 is 40.5 Å². The lowest BCUT2D eigenvalue weighted by atomic mass is 9.98. The van der Waals surface area contributed by atoms with Crippen molar-refractivity contribution in [2.75, 3.05) is 26.9 Å². The van der Waals surface area contributed by atoms with Gasteiger partial charge in [-0.2, -0.15) is 0 Å². The highest BCUT2D eigenvalue weighted by Crippen LogP contribution is 2.25. The van der Waals surface area contributed by atoms with Gasteiger partial charge in [0.25, 0.3) is 0 Å². The topological polar surface area (TPSA) is 97.4 Å². The first-order chi connectivity index (χ1) is 14.8. The lowest BCUT2D eigenvalue weighted by Crippen LogP contribution is -2.20. The molecule has 2 aromatic rings. The van der Waals surface area contributed by atoms with Gasteiger partial charge in [0, 0.05) is 6.42 Å². The van der Waals surface area contributed by atoms with E-state index in [1.807, 2.05) is 36.4 Å². The number of rotatable bonds is 10. The molecule has 2 atom stereocenters. The molecule has 0 saturated heterocycles. The summed E-state index contributed by atoms with van der Waals surface area (Å²) in [5.74, 6) is -1.03. The van der Waals surface area contributed by atoms with Gasteiger partial charge in [-0.05, 0) is 42.3 Å². The van der Waals surface area contributed by atoms with E-state index in [4.69, 9.17) is 30.5 Å². The molecular weight excluding hydrogens is 428 g/mol. The van der Waals surface area contributed by atoms with Crippen LogP contribution in [0.1, 0.15) is 31.7 Å². The number of hydrogen-bond donors (Lipinski definition) is 0. The van der Waals surface area contributed by atoms with Crippen molar-refractivity contribution < 1.29 is 38.1 Å². The maximum Gasteiger partial charge on any atom is 0.509 e. The molecule has 0 fully saturated rings. The van der Waals surface area contributed by atoms with E-state index in [1.54, 1.807) is 14.0 Å². The van der Waals surface area contributed by atoms with Crippen molar-refractivity contribution in [3.8, 4) is 5.75 Å². The maximum atomic E-state index is 12.3. The summed E-state index contributed by atoms with van der Waals surface area (Å²) in [4.78, 5) is 35.1. The number of esters is 2. The monoisotopic (exact) mass is 452 g/mol. The van der Waals surface area contributed by atoms with Crippen LogP contribution in [0.3, 0.4) is 0 Å². The zero-order chi connectivity index (χ0) is 22.8. The minimum Gasteiger partial charge on any atom is -0.497 e. The summed E-state index contributed by atoms with van der Waals surface area (Å²) >= 11 is 5.47. The molecule has 0 aliphatic heterocycles. The number of hydrogen-bond acceptors (Lipinski definition) is 8. The predicted molar refractivity (Wildman–Crippen MR) is 113 cm³/mol. The number of carbonyl (C=O) groups excluding carboxylic acids is 3. The molecule has 0 N–H and O–H groups in total. The van der Waals surface area contributed by atoms with Gasteiger partial charge >= 0.3 is 18.1 Å². The number of fused-ring (bicyclic) bond motifs is 1. The molecule has 0 saturated carbocycles. The molecule has 8 nitrogen and oxygen atoms in total. The second kappa shape index (κ2) is 12.0. The van der Waals surface area contributed by atoms with E-state index in [-0.39, 0.29) is 19.6 Å². The van der Waals surface area contributed by atoms with Crippen molar-refractivity contribution in [2.45, 2.75) is 31.7 Å². The lowest BCUT2D eigenvalue weighted by molar-refractivity contribution is -0.159. The first kappa shape index (κ1) is 24.3. The van der Waals surface area contributed by atoms with Crippen LogP contribution in [-0.4, -0.2) is 50.6 Å². The molecule has 9 heteroatoms. The second-order valence-electron chi connectivity index (χ2n) is 6.64. The van der Waals surface area contributed by atoms with E-state index in [0.717, 1.165) is 22.1 Å². The van der Waals surface area contributed by atoms with Crippen LogP contribution < -0.4 is 4.74 Å². The van der Waals surface area contributed by atoms with Crippen LogP contribution in [0.5, 0.6) is 5.75 Å². The van der Waals surface area contributed by atoms with Crippen LogP contribution in [-0.2, 0) is 28.5 Å². The maximum absolute atomic E-state index is 12.3. The molecule has 2 aromatic carbocycles. The summed E-state index contributed by atoms with van der Waals surface area (Å²) < 4.78 is 24.5. The zero-order valence-electron chi connectivity index (χ0n) is 17.6. The van der Waals surface area contributed by atoms with Gasteiger partial charge < -0.3 is 23.7 Å². The van der Waals surface area contributed by atoms with Crippen LogP contribution in [0.15, 0.2) is 36.4 Å². The molecule has 0 radical (unpaired) electrons. The van der Waals surface area contributed by atoms with E-state index >= 15 is 0 Å². The minimum atomic E-state index is -0.899. The summed E-state index contributed by atoms with van der Waals surface area (Å²) in [7, 11) is 1.60. The van der Waals surface area contributed by atoms with Gasteiger partial charge in [-0.1, -0.05) is 35.9 Å². The van der Waals surface area contributed by atoms with Crippen LogP contribution >= 0.6 is 11.6 Å². The molecule has 0 aliphatic rings. The summed E-state index contributed by atoms with van der Waals surface area (Å²) in [6.45, 7) is 2.69. The third kappa shape index (κ3) is 7.97. The van der Waals surface area contributed by atoms with Crippen molar-refractivity contribution in [3.05, 3.63) is 42.0 Å². The summed E-state index contributed by atoms with van der Waals surface area (Å²) in [5, 5.41) is 1.95. The van der Waals surface area contributed by atoms with Gasteiger partial charge in [-0.15, -0.1) is 0 Å². The van der Waals surface area contributed by atoms with E-state index in [1.165, 1.54) is 6.92 Å². The van der Waals surface area contributed by atoms with E-state index in [0.29, 0.717) is 0 Å². The third-order valence-corrected chi connectivity index (χ3v) is 4.38. The molecule has 0 aliphatic carbocycles. The Morgan fingerprint density at radius 1 is 0.935 bits per heavy atom. The van der Waals surface area contributed by atoms with Crippen molar-refractivity contribution in [2.24, 2.45) is 0 Å². The number of benzene rings is 2. The van der Waals surface area contributed by atoms with E-state index in [9.17, 15) is 14.4 Å². The van der Waals surface area contributed by atoms with Gasteiger partial charge in [0.1, 0.15) is 5.75 Å². The van der Waals surface area contributed by atoms with Gasteiger partial charge in [-0.25, -0.2) is 9.59 Å². The van der Waals surface area contributed by atoms with Crippen LogP contribution in [0.2, 0.25) is 0 Å². The highest BCUT2D eigenvalue weighted by molar-refractivity contribution is 6.19. The normalized spacial score (nSPS) is 12.5. The number of methoxy groups -OCH3 is 1. The van der Waals surface area contributed by atoms with Crippen molar-refractivity contribution in [1.82, 2.24) is 0 Å².